The first-order chi connectivity index (χ1) is 6.65. The Morgan fingerprint density at radius 3 is 2.36 bits per heavy atom. The Hall–Kier alpha value is -1.31. The number of amides is 1. The fourth-order valence-corrected chi connectivity index (χ4v) is 1.58. The van der Waals surface area contributed by atoms with E-state index < -0.39 is 0 Å². The molecule has 0 bridgehead atoms. The first-order valence-electron chi connectivity index (χ1n) is 5.05. The summed E-state index contributed by atoms with van der Waals surface area (Å²) in [5.74, 6) is 0.196. The van der Waals surface area contributed by atoms with Crippen molar-refractivity contribution in [1.82, 2.24) is 0 Å². The molecule has 0 aliphatic rings. The summed E-state index contributed by atoms with van der Waals surface area (Å²) >= 11 is 0. The van der Waals surface area contributed by atoms with Crippen LogP contribution in [0.1, 0.15) is 48.5 Å². The van der Waals surface area contributed by atoms with E-state index in [-0.39, 0.29) is 5.91 Å². The van der Waals surface area contributed by atoms with Crippen molar-refractivity contribution in [3.05, 3.63) is 35.4 Å². The lowest BCUT2D eigenvalue weighted by molar-refractivity contribution is 0.100. The first kappa shape index (κ1) is 10.8. The molecule has 0 aliphatic carbocycles. The van der Waals surface area contributed by atoms with E-state index in [4.69, 9.17) is 5.73 Å². The molecule has 0 radical (unpaired) electrons. The number of hydrogen-bond donors (Lipinski definition) is 1. The molecular weight excluding hydrogens is 174 g/mol. The molecular formula is C12H17NO. The molecule has 0 heterocycles. The van der Waals surface area contributed by atoms with E-state index >= 15 is 0 Å². The van der Waals surface area contributed by atoms with Gasteiger partial charge in [0.1, 0.15) is 0 Å². The number of carbonyl (C=O) groups is 1. The largest absolute Gasteiger partial charge is 0.366 e. The molecule has 2 heteroatoms. The average molecular weight is 191 g/mol. The Labute approximate surface area is 85.1 Å². The van der Waals surface area contributed by atoms with Crippen molar-refractivity contribution in [1.29, 1.82) is 0 Å². The number of hydrogen-bond acceptors (Lipinski definition) is 1. The predicted octanol–water partition coefficient (Wildman–Crippen LogP) is 2.69. The van der Waals surface area contributed by atoms with E-state index in [0.717, 1.165) is 0 Å². The molecule has 0 saturated carbocycles. The van der Waals surface area contributed by atoms with Crippen LogP contribution < -0.4 is 5.73 Å². The zero-order valence-electron chi connectivity index (χ0n) is 8.79. The van der Waals surface area contributed by atoms with Crippen molar-refractivity contribution in [2.24, 2.45) is 5.73 Å². The molecule has 2 nitrogen and oxygen atoms in total. The minimum atomic E-state index is -0.361. The lowest BCUT2D eigenvalue weighted by atomic mass is 9.96. The smallest absolute Gasteiger partial charge is 0.248 e. The Kier molecular flexibility index (Phi) is 3.69. The number of rotatable bonds is 4. The molecule has 1 amide bonds. The van der Waals surface area contributed by atoms with E-state index in [1.807, 2.05) is 12.1 Å². The van der Waals surface area contributed by atoms with Crippen LogP contribution in [0.15, 0.2) is 24.3 Å². The second-order valence-electron chi connectivity index (χ2n) is 3.68. The molecule has 0 fully saturated rings. The Morgan fingerprint density at radius 2 is 1.93 bits per heavy atom. The van der Waals surface area contributed by atoms with Crippen LogP contribution in [0.5, 0.6) is 0 Å². The van der Waals surface area contributed by atoms with Gasteiger partial charge in [0.25, 0.3) is 0 Å². The van der Waals surface area contributed by atoms with Gasteiger partial charge in [0, 0.05) is 5.56 Å². The van der Waals surface area contributed by atoms with Crippen molar-refractivity contribution in [3.63, 3.8) is 0 Å². The molecule has 2 N–H and O–H groups in total. The molecule has 0 spiro atoms. The summed E-state index contributed by atoms with van der Waals surface area (Å²) in [5.41, 5.74) is 7.02. The second-order valence-corrected chi connectivity index (χ2v) is 3.68. The molecule has 0 aromatic heterocycles. The highest BCUT2D eigenvalue weighted by Gasteiger charge is 2.05. The van der Waals surface area contributed by atoms with Crippen LogP contribution in [-0.4, -0.2) is 5.91 Å². The molecule has 0 saturated heterocycles. The number of primary amides is 1. The fraction of sp³-hybridized carbons (Fsp3) is 0.417. The van der Waals surface area contributed by atoms with Gasteiger partial charge in [0.2, 0.25) is 5.91 Å². The van der Waals surface area contributed by atoms with E-state index in [0.29, 0.717) is 11.5 Å². The van der Waals surface area contributed by atoms with E-state index in [1.165, 1.54) is 18.4 Å². The predicted molar refractivity (Wildman–Crippen MR) is 58.3 cm³/mol. The summed E-state index contributed by atoms with van der Waals surface area (Å²) in [6.07, 6.45) is 2.36. The van der Waals surface area contributed by atoms with Gasteiger partial charge in [-0.25, -0.2) is 0 Å². The fourth-order valence-electron chi connectivity index (χ4n) is 1.58. The maximum absolute atomic E-state index is 10.8. The molecule has 1 atom stereocenters. The van der Waals surface area contributed by atoms with E-state index in [2.05, 4.69) is 13.8 Å². The van der Waals surface area contributed by atoms with Crippen molar-refractivity contribution in [2.75, 3.05) is 0 Å². The third kappa shape index (κ3) is 2.59. The lowest BCUT2D eigenvalue weighted by Crippen LogP contribution is -2.10. The minimum Gasteiger partial charge on any atom is -0.366 e. The monoisotopic (exact) mass is 191 g/mol. The number of carbonyl (C=O) groups excluding carboxylic acids is 1. The highest BCUT2D eigenvalue weighted by molar-refractivity contribution is 5.92. The Balaban J connectivity index is 2.77. The molecule has 76 valence electrons. The van der Waals surface area contributed by atoms with Crippen LogP contribution in [0.2, 0.25) is 0 Å². The summed E-state index contributed by atoms with van der Waals surface area (Å²) in [5, 5.41) is 0. The number of nitrogens with two attached hydrogens (primary N) is 1. The first-order valence-corrected chi connectivity index (χ1v) is 5.05. The van der Waals surface area contributed by atoms with Gasteiger partial charge in [-0.15, -0.1) is 0 Å². The zero-order chi connectivity index (χ0) is 10.6. The SMILES string of the molecule is CCC[C@@H](C)c1ccc(C(N)=O)cc1. The van der Waals surface area contributed by atoms with Gasteiger partial charge >= 0.3 is 0 Å². The van der Waals surface area contributed by atoms with Crippen molar-refractivity contribution in [2.45, 2.75) is 32.6 Å². The summed E-state index contributed by atoms with van der Waals surface area (Å²) in [4.78, 5) is 10.8. The van der Waals surface area contributed by atoms with Crippen molar-refractivity contribution < 1.29 is 4.79 Å². The maximum atomic E-state index is 10.8. The molecule has 1 aromatic rings. The normalized spacial score (nSPS) is 12.4. The van der Waals surface area contributed by atoms with Gasteiger partial charge in [-0.2, -0.15) is 0 Å². The van der Waals surface area contributed by atoms with E-state index in [9.17, 15) is 4.79 Å². The number of benzene rings is 1. The van der Waals surface area contributed by atoms with Crippen LogP contribution in [0, 0.1) is 0 Å². The highest BCUT2D eigenvalue weighted by Crippen LogP contribution is 2.20. The standard InChI is InChI=1S/C12H17NO/c1-3-4-9(2)10-5-7-11(8-6-10)12(13)14/h5-9H,3-4H2,1-2H3,(H2,13,14)/t9-/m1/s1. The van der Waals surface area contributed by atoms with Gasteiger partial charge in [-0.3, -0.25) is 4.79 Å². The van der Waals surface area contributed by atoms with Crippen molar-refractivity contribution in [3.8, 4) is 0 Å². The molecule has 0 aliphatic heterocycles. The molecule has 0 unspecified atom stereocenters. The van der Waals surface area contributed by atoms with Gasteiger partial charge in [0.05, 0.1) is 0 Å². The maximum Gasteiger partial charge on any atom is 0.248 e. The van der Waals surface area contributed by atoms with Gasteiger partial charge in [0.15, 0.2) is 0 Å². The Bertz CT molecular complexity index is 303. The third-order valence-electron chi connectivity index (χ3n) is 2.49. The summed E-state index contributed by atoms with van der Waals surface area (Å²) in [6, 6.07) is 7.56. The Morgan fingerprint density at radius 1 is 1.36 bits per heavy atom. The van der Waals surface area contributed by atoms with Gasteiger partial charge < -0.3 is 5.73 Å². The summed E-state index contributed by atoms with van der Waals surface area (Å²) in [7, 11) is 0. The van der Waals surface area contributed by atoms with Crippen molar-refractivity contribution >= 4 is 5.91 Å². The zero-order valence-corrected chi connectivity index (χ0v) is 8.79. The quantitative estimate of drug-likeness (QED) is 0.781. The van der Waals surface area contributed by atoms with Gasteiger partial charge in [-0.1, -0.05) is 32.4 Å². The molecule has 1 rings (SSSR count). The third-order valence-corrected chi connectivity index (χ3v) is 2.49. The van der Waals surface area contributed by atoms with Crippen LogP contribution in [0.25, 0.3) is 0 Å². The van der Waals surface area contributed by atoms with E-state index in [1.54, 1.807) is 12.1 Å². The lowest BCUT2D eigenvalue weighted by Gasteiger charge is -2.10. The van der Waals surface area contributed by atoms with Crippen LogP contribution in [-0.2, 0) is 0 Å². The molecule has 14 heavy (non-hydrogen) atoms. The van der Waals surface area contributed by atoms with Crippen LogP contribution in [0.3, 0.4) is 0 Å². The van der Waals surface area contributed by atoms with Crippen LogP contribution in [0.4, 0.5) is 0 Å². The molecule has 1 aromatic carbocycles. The minimum absolute atomic E-state index is 0.361. The van der Waals surface area contributed by atoms with Crippen LogP contribution >= 0.6 is 0 Å². The topological polar surface area (TPSA) is 43.1 Å². The van der Waals surface area contributed by atoms with Gasteiger partial charge in [-0.05, 0) is 30.0 Å². The highest BCUT2D eigenvalue weighted by atomic mass is 16.1. The average Bonchev–Trinajstić information content (AvgIpc) is 2.18. The summed E-state index contributed by atoms with van der Waals surface area (Å²) in [6.45, 7) is 4.37. The second kappa shape index (κ2) is 4.80. The summed E-state index contributed by atoms with van der Waals surface area (Å²) < 4.78 is 0.